The predicted molar refractivity (Wildman–Crippen MR) is 124 cm³/mol. The Labute approximate surface area is 187 Å². The van der Waals surface area contributed by atoms with Crippen molar-refractivity contribution in [1.82, 2.24) is 14.1 Å². The topological polar surface area (TPSA) is 101 Å². The Hall–Kier alpha value is -3.30. The summed E-state index contributed by atoms with van der Waals surface area (Å²) in [5.41, 5.74) is 1.32. The van der Waals surface area contributed by atoms with Gasteiger partial charge < -0.3 is 5.32 Å². The average Bonchev–Trinajstić information content (AvgIpc) is 2.76. The van der Waals surface area contributed by atoms with Gasteiger partial charge in [0.1, 0.15) is 0 Å². The van der Waals surface area contributed by atoms with Crippen molar-refractivity contribution in [3.63, 3.8) is 0 Å². The highest BCUT2D eigenvalue weighted by atomic mass is 32.2. The lowest BCUT2D eigenvalue weighted by Gasteiger charge is -2.20. The van der Waals surface area contributed by atoms with Gasteiger partial charge in [0, 0.05) is 30.5 Å². The van der Waals surface area contributed by atoms with Crippen molar-refractivity contribution in [3.05, 3.63) is 81.8 Å². The normalized spacial score (nSPS) is 11.5. The van der Waals surface area contributed by atoms with Crippen LogP contribution in [0.15, 0.2) is 64.3 Å². The van der Waals surface area contributed by atoms with Crippen molar-refractivity contribution in [1.29, 1.82) is 0 Å². The molecule has 168 valence electrons. The number of carbonyl (C=O) groups is 1. The molecule has 0 aliphatic rings. The molecule has 0 radical (unpaired) electrons. The van der Waals surface area contributed by atoms with E-state index in [9.17, 15) is 18.0 Å². The van der Waals surface area contributed by atoms with Crippen LogP contribution in [-0.4, -0.2) is 41.5 Å². The van der Waals surface area contributed by atoms with Crippen LogP contribution >= 0.6 is 0 Å². The molecule has 1 aromatic heterocycles. The summed E-state index contributed by atoms with van der Waals surface area (Å²) < 4.78 is 28.8. The average molecular weight is 455 g/mol. The molecule has 0 unspecified atom stereocenters. The summed E-state index contributed by atoms with van der Waals surface area (Å²) in [6.45, 7) is 7.63. The SMILES string of the molecule is CCN(CC)S(=O)(=O)c1cc(NC(=O)c2nn(-c3ccccc3)c(C)cc2=O)ccc1C. The van der Waals surface area contributed by atoms with Crippen molar-refractivity contribution in [2.24, 2.45) is 0 Å². The largest absolute Gasteiger partial charge is 0.320 e. The molecule has 8 nitrogen and oxygen atoms in total. The van der Waals surface area contributed by atoms with Crippen LogP contribution in [0.25, 0.3) is 5.69 Å². The Morgan fingerprint density at radius 2 is 1.69 bits per heavy atom. The van der Waals surface area contributed by atoms with Gasteiger partial charge in [0.15, 0.2) is 5.69 Å². The molecule has 0 saturated carbocycles. The lowest BCUT2D eigenvalue weighted by Crippen LogP contribution is -2.31. The number of nitrogens with zero attached hydrogens (tertiary/aromatic N) is 3. The van der Waals surface area contributed by atoms with Crippen molar-refractivity contribution in [2.45, 2.75) is 32.6 Å². The molecule has 0 atom stereocenters. The maximum absolute atomic E-state index is 13.0. The Bertz CT molecular complexity index is 1300. The zero-order chi connectivity index (χ0) is 23.5. The number of benzene rings is 2. The molecule has 3 rings (SSSR count). The van der Waals surface area contributed by atoms with Gasteiger partial charge in [0.2, 0.25) is 15.5 Å². The monoisotopic (exact) mass is 454 g/mol. The lowest BCUT2D eigenvalue weighted by molar-refractivity contribution is 0.101. The van der Waals surface area contributed by atoms with Gasteiger partial charge >= 0.3 is 0 Å². The third-order valence-corrected chi connectivity index (χ3v) is 7.28. The van der Waals surface area contributed by atoms with Gasteiger partial charge in [-0.05, 0) is 43.7 Å². The molecule has 0 aliphatic carbocycles. The van der Waals surface area contributed by atoms with Gasteiger partial charge in [-0.2, -0.15) is 9.40 Å². The second kappa shape index (κ2) is 9.46. The number of hydrogen-bond donors (Lipinski definition) is 1. The van der Waals surface area contributed by atoms with E-state index in [1.54, 1.807) is 39.8 Å². The van der Waals surface area contributed by atoms with Crippen LogP contribution in [-0.2, 0) is 10.0 Å². The molecule has 9 heteroatoms. The molecule has 3 aromatic rings. The van der Waals surface area contributed by atoms with Crippen molar-refractivity contribution in [2.75, 3.05) is 18.4 Å². The summed E-state index contributed by atoms with van der Waals surface area (Å²) >= 11 is 0. The third kappa shape index (κ3) is 4.63. The molecule has 1 N–H and O–H groups in total. The first-order valence-corrected chi connectivity index (χ1v) is 11.7. The number of anilines is 1. The molecule has 0 bridgehead atoms. The molecule has 2 aromatic carbocycles. The molecule has 0 aliphatic heterocycles. The number of amides is 1. The lowest BCUT2D eigenvalue weighted by atomic mass is 10.2. The summed E-state index contributed by atoms with van der Waals surface area (Å²) in [5, 5.41) is 6.86. The first kappa shape index (κ1) is 23.4. The third-order valence-electron chi connectivity index (χ3n) is 5.09. The number of aromatic nitrogens is 2. The highest BCUT2D eigenvalue weighted by Gasteiger charge is 2.24. The first-order chi connectivity index (χ1) is 15.2. The van der Waals surface area contributed by atoms with E-state index in [0.29, 0.717) is 30.0 Å². The van der Waals surface area contributed by atoms with Gasteiger partial charge in [-0.1, -0.05) is 38.1 Å². The minimum Gasteiger partial charge on any atom is -0.320 e. The molecule has 1 heterocycles. The fraction of sp³-hybridized carbons (Fsp3) is 0.261. The molecule has 0 spiro atoms. The predicted octanol–water partition coefficient (Wildman–Crippen LogP) is 3.13. The molecular weight excluding hydrogens is 428 g/mol. The second-order valence-electron chi connectivity index (χ2n) is 7.27. The van der Waals surface area contributed by atoms with Gasteiger partial charge in [-0.25, -0.2) is 13.1 Å². The van der Waals surface area contributed by atoms with Gasteiger partial charge in [0.05, 0.1) is 10.6 Å². The van der Waals surface area contributed by atoms with Gasteiger partial charge in [-0.3, -0.25) is 9.59 Å². The van der Waals surface area contributed by atoms with Crippen LogP contribution < -0.4 is 10.7 Å². The molecule has 0 fully saturated rings. The summed E-state index contributed by atoms with van der Waals surface area (Å²) in [5.74, 6) is -0.713. The van der Waals surface area contributed by atoms with Crippen LogP contribution in [0.1, 0.15) is 35.6 Å². The Balaban J connectivity index is 1.97. The van der Waals surface area contributed by atoms with E-state index < -0.39 is 21.4 Å². The Morgan fingerprint density at radius 3 is 2.31 bits per heavy atom. The molecule has 0 saturated heterocycles. The van der Waals surface area contributed by atoms with E-state index in [1.165, 1.54) is 21.1 Å². The van der Waals surface area contributed by atoms with Gasteiger partial charge in [-0.15, -0.1) is 0 Å². The summed E-state index contributed by atoms with van der Waals surface area (Å²) in [6.07, 6.45) is 0. The number of sulfonamides is 1. The van der Waals surface area contributed by atoms with Crippen LogP contribution in [0.5, 0.6) is 0 Å². The number of aryl methyl sites for hydroxylation is 2. The summed E-state index contributed by atoms with van der Waals surface area (Å²) in [6, 6.07) is 15.1. The molecule has 1 amide bonds. The number of hydrogen-bond acceptors (Lipinski definition) is 5. The van der Waals surface area contributed by atoms with E-state index in [0.717, 1.165) is 0 Å². The highest BCUT2D eigenvalue weighted by molar-refractivity contribution is 7.89. The zero-order valence-corrected chi connectivity index (χ0v) is 19.3. The van der Waals surface area contributed by atoms with Crippen molar-refractivity contribution >= 4 is 21.6 Å². The Kier molecular flexibility index (Phi) is 6.90. The maximum Gasteiger partial charge on any atom is 0.280 e. The molecule has 32 heavy (non-hydrogen) atoms. The van der Waals surface area contributed by atoms with E-state index in [1.807, 2.05) is 30.3 Å². The van der Waals surface area contributed by atoms with Crippen LogP contribution in [0.2, 0.25) is 0 Å². The fourth-order valence-electron chi connectivity index (χ4n) is 3.38. The van der Waals surface area contributed by atoms with E-state index >= 15 is 0 Å². The smallest absolute Gasteiger partial charge is 0.280 e. The van der Waals surface area contributed by atoms with Crippen LogP contribution in [0, 0.1) is 13.8 Å². The van der Waals surface area contributed by atoms with Crippen LogP contribution in [0.3, 0.4) is 0 Å². The first-order valence-electron chi connectivity index (χ1n) is 10.3. The Morgan fingerprint density at radius 1 is 1.03 bits per heavy atom. The summed E-state index contributed by atoms with van der Waals surface area (Å²) in [7, 11) is -3.71. The number of para-hydroxylation sites is 1. The fourth-order valence-corrected chi connectivity index (χ4v) is 5.09. The van der Waals surface area contributed by atoms with E-state index in [4.69, 9.17) is 0 Å². The minimum absolute atomic E-state index is 0.109. The van der Waals surface area contributed by atoms with Crippen molar-refractivity contribution in [3.8, 4) is 5.69 Å². The van der Waals surface area contributed by atoms with Crippen molar-refractivity contribution < 1.29 is 13.2 Å². The minimum atomic E-state index is -3.71. The standard InChI is InChI=1S/C23H26N4O4S/c1-5-26(6-2)32(30,31)21-15-18(13-12-16(21)3)24-23(29)22-20(28)14-17(4)27(25-22)19-10-8-7-9-11-19/h7-15H,5-6H2,1-4H3,(H,24,29). The number of nitrogens with one attached hydrogen (secondary N) is 1. The zero-order valence-electron chi connectivity index (χ0n) is 18.5. The molecular formula is C23H26N4O4S. The maximum atomic E-state index is 13.0. The van der Waals surface area contributed by atoms with E-state index in [-0.39, 0.29) is 16.3 Å². The highest BCUT2D eigenvalue weighted by Crippen LogP contribution is 2.24. The van der Waals surface area contributed by atoms with Crippen LogP contribution in [0.4, 0.5) is 5.69 Å². The van der Waals surface area contributed by atoms with E-state index in [2.05, 4.69) is 10.4 Å². The number of carbonyl (C=O) groups excluding carboxylic acids is 1. The summed E-state index contributed by atoms with van der Waals surface area (Å²) in [4.78, 5) is 25.4. The number of rotatable bonds is 7. The second-order valence-corrected chi connectivity index (χ2v) is 9.18. The van der Waals surface area contributed by atoms with Gasteiger partial charge in [0.25, 0.3) is 5.91 Å². The quantitative estimate of drug-likeness (QED) is 0.591.